The fourth-order valence-corrected chi connectivity index (χ4v) is 2.50. The smallest absolute Gasteiger partial charge is 0.351 e. The molecule has 8 heteroatoms. The maximum Gasteiger partial charge on any atom is 0.436 e. The molecule has 1 aromatic rings. The molecule has 4 nitrogen and oxygen atoms in total. The van der Waals surface area contributed by atoms with Crippen LogP contribution in [-0.4, -0.2) is 22.2 Å². The number of carbonyl (C=O) groups excluding carboxylic acids is 1. The SMILES string of the molecule is CCCCCCNC(=O)c1c(Br)c(C(F)(F)F)nn1C. The average Bonchev–Trinajstić information content (AvgIpc) is 2.64. The Balaban J connectivity index is 2.72. The summed E-state index contributed by atoms with van der Waals surface area (Å²) >= 11 is 2.81. The summed E-state index contributed by atoms with van der Waals surface area (Å²) in [5.41, 5.74) is -1.20. The third kappa shape index (κ3) is 4.22. The van der Waals surface area contributed by atoms with Crippen LogP contribution in [0.15, 0.2) is 4.47 Å². The van der Waals surface area contributed by atoms with E-state index in [-0.39, 0.29) is 10.2 Å². The Hall–Kier alpha value is -1.05. The summed E-state index contributed by atoms with van der Waals surface area (Å²) in [7, 11) is 1.31. The third-order valence-electron chi connectivity index (χ3n) is 2.79. The number of amides is 1. The van der Waals surface area contributed by atoms with Gasteiger partial charge in [-0.25, -0.2) is 0 Å². The predicted octanol–water partition coefficient (Wildman–Crippen LogP) is 3.51. The normalized spacial score (nSPS) is 11.7. The summed E-state index contributed by atoms with van der Waals surface area (Å²) in [6.07, 6.45) is -0.645. The van der Waals surface area contributed by atoms with Crippen molar-refractivity contribution < 1.29 is 18.0 Å². The quantitative estimate of drug-likeness (QED) is 0.793. The number of rotatable bonds is 6. The fraction of sp³-hybridized carbons (Fsp3) is 0.667. The van der Waals surface area contributed by atoms with Gasteiger partial charge in [-0.2, -0.15) is 18.3 Å². The van der Waals surface area contributed by atoms with E-state index in [2.05, 4.69) is 33.3 Å². The second kappa shape index (κ2) is 7.10. The van der Waals surface area contributed by atoms with Gasteiger partial charge in [-0.15, -0.1) is 0 Å². The van der Waals surface area contributed by atoms with E-state index in [4.69, 9.17) is 0 Å². The first-order chi connectivity index (χ1) is 9.29. The van der Waals surface area contributed by atoms with Crippen molar-refractivity contribution in [2.75, 3.05) is 6.54 Å². The van der Waals surface area contributed by atoms with E-state index in [1.165, 1.54) is 7.05 Å². The summed E-state index contributed by atoms with van der Waals surface area (Å²) < 4.78 is 38.6. The first kappa shape index (κ1) is 17.0. The Morgan fingerprint density at radius 1 is 1.35 bits per heavy atom. The molecule has 0 saturated carbocycles. The van der Waals surface area contributed by atoms with Crippen LogP contribution < -0.4 is 5.32 Å². The Kier molecular flexibility index (Phi) is 6.04. The third-order valence-corrected chi connectivity index (χ3v) is 3.54. The highest BCUT2D eigenvalue weighted by molar-refractivity contribution is 9.10. The van der Waals surface area contributed by atoms with Crippen LogP contribution >= 0.6 is 15.9 Å². The predicted molar refractivity (Wildman–Crippen MR) is 72.4 cm³/mol. The highest BCUT2D eigenvalue weighted by Crippen LogP contribution is 2.35. The van der Waals surface area contributed by atoms with Gasteiger partial charge in [-0.05, 0) is 22.4 Å². The maximum absolute atomic E-state index is 12.7. The molecule has 0 unspecified atom stereocenters. The van der Waals surface area contributed by atoms with Crippen LogP contribution in [0, 0.1) is 0 Å². The molecule has 0 bridgehead atoms. The molecule has 20 heavy (non-hydrogen) atoms. The number of hydrogen-bond donors (Lipinski definition) is 1. The van der Waals surface area contributed by atoms with Crippen molar-refractivity contribution >= 4 is 21.8 Å². The molecule has 114 valence electrons. The maximum atomic E-state index is 12.7. The van der Waals surface area contributed by atoms with Crippen LogP contribution in [0.4, 0.5) is 13.2 Å². The molecular formula is C12H17BrF3N3O. The van der Waals surface area contributed by atoms with Crippen molar-refractivity contribution in [3.63, 3.8) is 0 Å². The molecule has 0 fully saturated rings. The molecule has 0 spiro atoms. The summed E-state index contributed by atoms with van der Waals surface area (Å²) in [5.74, 6) is -0.557. The molecule has 0 aliphatic carbocycles. The van der Waals surface area contributed by atoms with Crippen molar-refractivity contribution in [3.05, 3.63) is 15.9 Å². The number of unbranched alkanes of at least 4 members (excludes halogenated alkanes) is 3. The lowest BCUT2D eigenvalue weighted by Gasteiger charge is -2.06. The van der Waals surface area contributed by atoms with Crippen LogP contribution in [0.1, 0.15) is 48.8 Å². The van der Waals surface area contributed by atoms with Gasteiger partial charge < -0.3 is 5.32 Å². The zero-order valence-corrected chi connectivity index (χ0v) is 12.9. The van der Waals surface area contributed by atoms with Gasteiger partial charge in [0.25, 0.3) is 5.91 Å². The van der Waals surface area contributed by atoms with E-state index in [1.807, 2.05) is 0 Å². The fourth-order valence-electron chi connectivity index (χ4n) is 1.76. The van der Waals surface area contributed by atoms with Crippen LogP contribution in [0.5, 0.6) is 0 Å². The van der Waals surface area contributed by atoms with E-state index in [9.17, 15) is 18.0 Å². The van der Waals surface area contributed by atoms with Crippen molar-refractivity contribution in [2.45, 2.75) is 38.8 Å². The van der Waals surface area contributed by atoms with Gasteiger partial charge in [-0.1, -0.05) is 26.2 Å². The molecule has 1 rings (SSSR count). The molecule has 0 saturated heterocycles. The van der Waals surface area contributed by atoms with Gasteiger partial charge in [-0.3, -0.25) is 9.48 Å². The average molecular weight is 356 g/mol. The van der Waals surface area contributed by atoms with E-state index >= 15 is 0 Å². The van der Waals surface area contributed by atoms with Crippen LogP contribution in [0.2, 0.25) is 0 Å². The molecule has 0 aliphatic heterocycles. The second-order valence-electron chi connectivity index (χ2n) is 4.45. The lowest BCUT2D eigenvalue weighted by atomic mass is 10.2. The molecular weight excluding hydrogens is 339 g/mol. The van der Waals surface area contributed by atoms with Crippen molar-refractivity contribution in [3.8, 4) is 0 Å². The lowest BCUT2D eigenvalue weighted by molar-refractivity contribution is -0.142. The topological polar surface area (TPSA) is 46.9 Å². The number of nitrogens with one attached hydrogen (secondary N) is 1. The van der Waals surface area contributed by atoms with Crippen LogP contribution in [0.25, 0.3) is 0 Å². The van der Waals surface area contributed by atoms with Crippen LogP contribution in [0.3, 0.4) is 0 Å². The van der Waals surface area contributed by atoms with Gasteiger partial charge in [0.2, 0.25) is 0 Å². The molecule has 1 amide bonds. The summed E-state index contributed by atoms with van der Waals surface area (Å²) in [6, 6.07) is 0. The van der Waals surface area contributed by atoms with Crippen molar-refractivity contribution in [1.82, 2.24) is 15.1 Å². The molecule has 1 aromatic heterocycles. The molecule has 1 heterocycles. The largest absolute Gasteiger partial charge is 0.436 e. The first-order valence-corrected chi connectivity index (χ1v) is 7.16. The van der Waals surface area contributed by atoms with Gasteiger partial charge in [0.05, 0.1) is 4.47 Å². The van der Waals surface area contributed by atoms with Gasteiger partial charge in [0.15, 0.2) is 5.69 Å². The number of nitrogens with zero attached hydrogens (tertiary/aromatic N) is 2. The van der Waals surface area contributed by atoms with Gasteiger partial charge >= 0.3 is 6.18 Å². The Morgan fingerprint density at radius 2 is 2.00 bits per heavy atom. The Bertz CT molecular complexity index is 471. The first-order valence-electron chi connectivity index (χ1n) is 6.37. The van der Waals surface area contributed by atoms with Crippen molar-refractivity contribution in [1.29, 1.82) is 0 Å². The van der Waals surface area contributed by atoms with Gasteiger partial charge in [0, 0.05) is 13.6 Å². The highest BCUT2D eigenvalue weighted by atomic mass is 79.9. The second-order valence-corrected chi connectivity index (χ2v) is 5.24. The van der Waals surface area contributed by atoms with E-state index < -0.39 is 17.8 Å². The zero-order chi connectivity index (χ0) is 15.3. The minimum atomic E-state index is -4.59. The Morgan fingerprint density at radius 3 is 2.50 bits per heavy atom. The van der Waals surface area contributed by atoms with Gasteiger partial charge in [0.1, 0.15) is 5.69 Å². The molecule has 0 aromatic carbocycles. The minimum Gasteiger partial charge on any atom is -0.351 e. The summed E-state index contributed by atoms with van der Waals surface area (Å²) in [4.78, 5) is 11.9. The van der Waals surface area contributed by atoms with E-state index in [1.54, 1.807) is 0 Å². The lowest BCUT2D eigenvalue weighted by Crippen LogP contribution is -2.26. The standard InChI is InChI=1S/C12H17BrF3N3O/c1-3-4-5-6-7-17-11(20)9-8(13)10(12(14,15)16)18-19(9)2/h3-7H2,1-2H3,(H,17,20). The van der Waals surface area contributed by atoms with Crippen molar-refractivity contribution in [2.24, 2.45) is 7.05 Å². The zero-order valence-electron chi connectivity index (χ0n) is 11.4. The number of halogens is 4. The number of alkyl halides is 3. The number of carbonyl (C=O) groups is 1. The highest BCUT2D eigenvalue weighted by Gasteiger charge is 2.39. The monoisotopic (exact) mass is 355 g/mol. The minimum absolute atomic E-state index is 0.118. The summed E-state index contributed by atoms with van der Waals surface area (Å²) in [5, 5.41) is 5.95. The molecule has 1 N–H and O–H groups in total. The number of aryl methyl sites for hydroxylation is 1. The van der Waals surface area contributed by atoms with E-state index in [0.717, 1.165) is 30.4 Å². The summed E-state index contributed by atoms with van der Waals surface area (Å²) in [6.45, 7) is 2.52. The number of aromatic nitrogens is 2. The van der Waals surface area contributed by atoms with E-state index in [0.29, 0.717) is 6.54 Å². The molecule has 0 atom stereocenters. The Labute approximate surface area is 123 Å². The molecule has 0 aliphatic rings. The molecule has 0 radical (unpaired) electrons. The number of hydrogen-bond acceptors (Lipinski definition) is 2. The van der Waals surface area contributed by atoms with Crippen LogP contribution in [-0.2, 0) is 13.2 Å².